The summed E-state index contributed by atoms with van der Waals surface area (Å²) in [5, 5.41) is -1.82. The molecule has 1 atom stereocenters. The number of alkyl halides is 3. The summed E-state index contributed by atoms with van der Waals surface area (Å²) < 4.78 is 66.9. The van der Waals surface area contributed by atoms with Gasteiger partial charge in [0.25, 0.3) is 11.8 Å². The number of nitrogens with zero attached hydrogens (tertiary/aromatic N) is 3. The lowest BCUT2D eigenvalue weighted by atomic mass is 10.0. The Morgan fingerprint density at radius 3 is 2.14 bits per heavy atom. The smallest absolute Gasteiger partial charge is 0.335 e. The van der Waals surface area contributed by atoms with E-state index in [2.05, 4.69) is 9.71 Å². The fourth-order valence-corrected chi connectivity index (χ4v) is 5.86. The standard InChI is InChI=1S/C24H22ClF3N4O4S/c25-19-9-6-17(24(26,27)28)15-21(19)37(35,36)30-18-7-4-16(5-8-18)22(33)31-11-13-32(14-12-31)23(34)20-3-1-2-10-29-20/h1-10,21,30H,11-15H2. The third-order valence-corrected chi connectivity index (χ3v) is 8.23. The number of pyridine rings is 1. The van der Waals surface area contributed by atoms with Crippen molar-refractivity contribution in [1.82, 2.24) is 14.8 Å². The van der Waals surface area contributed by atoms with Crippen molar-refractivity contribution in [1.29, 1.82) is 0 Å². The van der Waals surface area contributed by atoms with Crippen LogP contribution in [-0.4, -0.2) is 72.6 Å². The maximum Gasteiger partial charge on any atom is 0.412 e. The molecule has 1 aromatic heterocycles. The van der Waals surface area contributed by atoms with E-state index in [9.17, 15) is 31.2 Å². The number of aromatic nitrogens is 1. The van der Waals surface area contributed by atoms with Gasteiger partial charge in [0.05, 0.1) is 0 Å². The molecule has 1 N–H and O–H groups in total. The minimum absolute atomic E-state index is 0.0786. The normalized spacial score (nSPS) is 18.6. The molecule has 13 heteroatoms. The molecule has 1 unspecified atom stereocenters. The number of amides is 2. The molecule has 0 bridgehead atoms. The van der Waals surface area contributed by atoms with E-state index in [1.165, 1.54) is 30.5 Å². The van der Waals surface area contributed by atoms with Crippen LogP contribution in [-0.2, 0) is 10.0 Å². The van der Waals surface area contributed by atoms with E-state index < -0.39 is 33.4 Å². The maximum atomic E-state index is 13.1. The van der Waals surface area contributed by atoms with Gasteiger partial charge in [-0.1, -0.05) is 23.7 Å². The first-order valence-corrected chi connectivity index (χ1v) is 13.1. The van der Waals surface area contributed by atoms with E-state index in [1.807, 2.05) is 0 Å². The van der Waals surface area contributed by atoms with Crippen molar-refractivity contribution in [3.63, 3.8) is 0 Å². The summed E-state index contributed by atoms with van der Waals surface area (Å²) in [6.07, 6.45) is -2.24. The maximum absolute atomic E-state index is 13.1. The number of halogens is 4. The van der Waals surface area contributed by atoms with Crippen LogP contribution < -0.4 is 4.72 Å². The molecule has 2 heterocycles. The summed E-state index contributed by atoms with van der Waals surface area (Å²) in [4.78, 5) is 32.7. The van der Waals surface area contributed by atoms with Crippen LogP contribution in [0.2, 0.25) is 0 Å². The quantitative estimate of drug-likeness (QED) is 0.606. The van der Waals surface area contributed by atoms with Crippen LogP contribution in [0.1, 0.15) is 27.3 Å². The van der Waals surface area contributed by atoms with Crippen LogP contribution in [0, 0.1) is 0 Å². The van der Waals surface area contributed by atoms with Gasteiger partial charge in [-0.3, -0.25) is 19.3 Å². The molecule has 8 nitrogen and oxygen atoms in total. The number of hydrogen-bond donors (Lipinski definition) is 1. The lowest BCUT2D eigenvalue weighted by Gasteiger charge is -2.34. The number of anilines is 1. The van der Waals surface area contributed by atoms with Gasteiger partial charge in [-0.15, -0.1) is 0 Å². The Labute approximate surface area is 216 Å². The largest absolute Gasteiger partial charge is 0.412 e. The third kappa shape index (κ3) is 6.13. The van der Waals surface area contributed by atoms with Crippen molar-refractivity contribution in [2.75, 3.05) is 30.9 Å². The highest BCUT2D eigenvalue weighted by Crippen LogP contribution is 2.37. The summed E-state index contributed by atoms with van der Waals surface area (Å²) in [6, 6.07) is 10.6. The molecule has 2 aliphatic rings. The van der Waals surface area contributed by atoms with Crippen molar-refractivity contribution in [3.8, 4) is 0 Å². The van der Waals surface area contributed by atoms with Crippen molar-refractivity contribution >= 4 is 39.1 Å². The zero-order valence-corrected chi connectivity index (χ0v) is 20.9. The molecule has 4 rings (SSSR count). The van der Waals surface area contributed by atoms with E-state index >= 15 is 0 Å². The Morgan fingerprint density at radius 1 is 0.946 bits per heavy atom. The zero-order valence-electron chi connectivity index (χ0n) is 19.3. The molecule has 1 aromatic carbocycles. The molecule has 0 saturated carbocycles. The number of piperazine rings is 1. The van der Waals surface area contributed by atoms with E-state index in [-0.39, 0.29) is 22.5 Å². The molecular formula is C24H22ClF3N4O4S. The second kappa shape index (κ2) is 10.5. The van der Waals surface area contributed by atoms with Crippen molar-refractivity contribution < 1.29 is 31.2 Å². The van der Waals surface area contributed by atoms with Gasteiger partial charge in [-0.25, -0.2) is 8.42 Å². The molecule has 1 aliphatic carbocycles. The average Bonchev–Trinajstić information content (AvgIpc) is 2.88. The topological polar surface area (TPSA) is 99.7 Å². The molecule has 1 fully saturated rings. The van der Waals surface area contributed by atoms with Crippen LogP contribution in [0.3, 0.4) is 0 Å². The van der Waals surface area contributed by atoms with E-state index in [1.54, 1.807) is 28.0 Å². The Kier molecular flexibility index (Phi) is 7.60. The van der Waals surface area contributed by atoms with Gasteiger partial charge in [0, 0.05) is 60.7 Å². The van der Waals surface area contributed by atoms with E-state index in [0.29, 0.717) is 37.4 Å². The number of sulfonamides is 1. The van der Waals surface area contributed by atoms with E-state index in [4.69, 9.17) is 11.6 Å². The van der Waals surface area contributed by atoms with E-state index in [0.717, 1.165) is 12.2 Å². The first-order valence-electron chi connectivity index (χ1n) is 11.2. The highest BCUT2D eigenvalue weighted by atomic mass is 35.5. The molecule has 2 amide bonds. The number of allylic oxidation sites excluding steroid dienone is 3. The van der Waals surface area contributed by atoms with Crippen LogP contribution in [0.25, 0.3) is 0 Å². The Morgan fingerprint density at radius 2 is 1.57 bits per heavy atom. The van der Waals surface area contributed by atoms with Crippen LogP contribution >= 0.6 is 11.6 Å². The van der Waals surface area contributed by atoms with Crippen molar-refractivity contribution in [3.05, 3.63) is 82.7 Å². The molecule has 2 aromatic rings. The van der Waals surface area contributed by atoms with Crippen LogP contribution in [0.4, 0.5) is 18.9 Å². The number of benzene rings is 1. The summed E-state index contributed by atoms with van der Waals surface area (Å²) in [5.41, 5.74) is -0.286. The molecule has 0 spiro atoms. The Hall–Kier alpha value is -3.38. The lowest BCUT2D eigenvalue weighted by molar-refractivity contribution is -0.0939. The second-order valence-electron chi connectivity index (χ2n) is 8.46. The highest BCUT2D eigenvalue weighted by Gasteiger charge is 2.41. The predicted molar refractivity (Wildman–Crippen MR) is 132 cm³/mol. The van der Waals surface area contributed by atoms with Crippen LogP contribution in [0.5, 0.6) is 0 Å². The molecule has 0 radical (unpaired) electrons. The fourth-order valence-electron chi connectivity index (χ4n) is 3.98. The average molecular weight is 555 g/mol. The summed E-state index contributed by atoms with van der Waals surface area (Å²) in [5.74, 6) is -0.507. The molecular weight excluding hydrogens is 533 g/mol. The Bertz CT molecular complexity index is 1340. The second-order valence-corrected chi connectivity index (χ2v) is 10.8. The van der Waals surface area contributed by atoms with Crippen molar-refractivity contribution in [2.45, 2.75) is 17.8 Å². The molecule has 37 heavy (non-hydrogen) atoms. The van der Waals surface area contributed by atoms with Gasteiger partial charge in [0.15, 0.2) is 0 Å². The number of carbonyl (C=O) groups excluding carboxylic acids is 2. The third-order valence-electron chi connectivity index (χ3n) is 6.03. The highest BCUT2D eigenvalue weighted by molar-refractivity contribution is 7.93. The first kappa shape index (κ1) is 26.7. The SMILES string of the molecule is O=C(c1ccc(NS(=O)(=O)C2CC(C(F)(F)F)=CC=C2Cl)cc1)N1CCN(C(=O)c2ccccn2)CC1. The minimum Gasteiger partial charge on any atom is -0.335 e. The van der Waals surface area contributed by atoms with Gasteiger partial charge >= 0.3 is 6.18 Å². The Balaban J connectivity index is 1.36. The summed E-state index contributed by atoms with van der Waals surface area (Å²) in [7, 11) is -4.30. The predicted octanol–water partition coefficient (Wildman–Crippen LogP) is 3.81. The number of rotatable bonds is 5. The number of hydrogen-bond acceptors (Lipinski definition) is 5. The minimum atomic E-state index is -4.67. The van der Waals surface area contributed by atoms with Gasteiger partial charge in [-0.05, 0) is 42.5 Å². The summed E-state index contributed by atoms with van der Waals surface area (Å²) >= 11 is 5.92. The first-order chi connectivity index (χ1) is 17.5. The van der Waals surface area contributed by atoms with Gasteiger partial charge < -0.3 is 9.80 Å². The van der Waals surface area contributed by atoms with Gasteiger partial charge in [0.2, 0.25) is 10.0 Å². The number of nitrogens with one attached hydrogen (secondary N) is 1. The van der Waals surface area contributed by atoms with Crippen molar-refractivity contribution in [2.24, 2.45) is 0 Å². The van der Waals surface area contributed by atoms with Gasteiger partial charge in [0.1, 0.15) is 10.9 Å². The number of carbonyl (C=O) groups is 2. The molecule has 196 valence electrons. The monoisotopic (exact) mass is 554 g/mol. The summed E-state index contributed by atoms with van der Waals surface area (Å²) in [6.45, 7) is 1.30. The molecule has 1 saturated heterocycles. The zero-order chi connectivity index (χ0) is 26.8. The molecule has 1 aliphatic heterocycles. The van der Waals surface area contributed by atoms with Crippen LogP contribution in [0.15, 0.2) is 71.4 Å². The van der Waals surface area contributed by atoms with Gasteiger partial charge in [-0.2, -0.15) is 13.2 Å². The lowest BCUT2D eigenvalue weighted by Crippen LogP contribution is -2.50. The fraction of sp³-hybridized carbons (Fsp3) is 0.292.